The van der Waals surface area contributed by atoms with Crippen molar-refractivity contribution in [1.29, 1.82) is 5.26 Å². The maximum Gasteiger partial charge on any atom is 0.123 e. The van der Waals surface area contributed by atoms with Crippen LogP contribution in [-0.4, -0.2) is 6.04 Å². The predicted octanol–water partition coefficient (Wildman–Crippen LogP) is 3.56. The van der Waals surface area contributed by atoms with E-state index < -0.39 is 6.04 Å². The lowest BCUT2D eigenvalue weighted by Crippen LogP contribution is -2.27. The molecule has 1 aromatic rings. The normalized spacial score (nSPS) is 12.5. The zero-order valence-electron chi connectivity index (χ0n) is 8.59. The Kier molecular flexibility index (Phi) is 4.41. The zero-order chi connectivity index (χ0) is 11.4. The lowest BCUT2D eigenvalue weighted by molar-refractivity contribution is 0.546. The van der Waals surface area contributed by atoms with Crippen molar-refractivity contribution in [1.82, 2.24) is 5.32 Å². The highest BCUT2D eigenvalue weighted by Gasteiger charge is 2.14. The van der Waals surface area contributed by atoms with Gasteiger partial charge in [0.25, 0.3) is 0 Å². The predicted molar refractivity (Wildman–Crippen MR) is 63.1 cm³/mol. The van der Waals surface area contributed by atoms with E-state index in [-0.39, 0.29) is 6.04 Å². The minimum absolute atomic E-state index is 0.213. The average Bonchev–Trinajstić information content (AvgIpc) is 2.18. The van der Waals surface area contributed by atoms with E-state index in [0.29, 0.717) is 10.0 Å². The Hall–Kier alpha value is -0.750. The zero-order valence-corrected chi connectivity index (χ0v) is 10.1. The highest BCUT2D eigenvalue weighted by Crippen LogP contribution is 2.26. The molecule has 0 amide bonds. The van der Waals surface area contributed by atoms with Crippen molar-refractivity contribution in [3.63, 3.8) is 0 Å². The molecule has 0 radical (unpaired) electrons. The molecule has 2 nitrogen and oxygen atoms in total. The molecule has 4 heteroatoms. The topological polar surface area (TPSA) is 35.8 Å². The van der Waals surface area contributed by atoms with E-state index in [0.717, 1.165) is 5.56 Å². The first-order valence-corrected chi connectivity index (χ1v) is 5.40. The van der Waals surface area contributed by atoms with Crippen molar-refractivity contribution >= 4 is 23.2 Å². The van der Waals surface area contributed by atoms with Gasteiger partial charge in [0.15, 0.2) is 0 Å². The average molecular weight is 243 g/mol. The molecule has 0 aliphatic heterocycles. The maximum absolute atomic E-state index is 9.03. The standard InChI is InChI=1S/C11H12Cl2N2/c1-7(2)15-11(6-14)9-5-8(12)3-4-10(9)13/h3-5,7,11,15H,1-2H3. The van der Waals surface area contributed by atoms with Crippen LogP contribution in [0.5, 0.6) is 0 Å². The Bertz CT molecular complexity index is 383. The van der Waals surface area contributed by atoms with Gasteiger partial charge in [-0.1, -0.05) is 23.2 Å². The monoisotopic (exact) mass is 242 g/mol. The molecule has 0 heterocycles. The Morgan fingerprint density at radius 1 is 1.33 bits per heavy atom. The van der Waals surface area contributed by atoms with Gasteiger partial charge in [0, 0.05) is 21.7 Å². The molecule has 0 fully saturated rings. The number of hydrogen-bond donors (Lipinski definition) is 1. The summed E-state index contributed by atoms with van der Waals surface area (Å²) < 4.78 is 0. The van der Waals surface area contributed by atoms with Crippen LogP contribution in [-0.2, 0) is 0 Å². The van der Waals surface area contributed by atoms with E-state index >= 15 is 0 Å². The van der Waals surface area contributed by atoms with Crippen LogP contribution in [0.4, 0.5) is 0 Å². The van der Waals surface area contributed by atoms with Gasteiger partial charge < -0.3 is 0 Å². The Labute approximate surface area is 99.8 Å². The molecule has 1 N–H and O–H groups in total. The van der Waals surface area contributed by atoms with Gasteiger partial charge in [-0.25, -0.2) is 0 Å². The number of nitriles is 1. The van der Waals surface area contributed by atoms with E-state index in [1.54, 1.807) is 18.2 Å². The molecule has 0 saturated carbocycles. The van der Waals surface area contributed by atoms with E-state index in [1.807, 2.05) is 13.8 Å². The highest BCUT2D eigenvalue weighted by atomic mass is 35.5. The van der Waals surface area contributed by atoms with Gasteiger partial charge in [0.2, 0.25) is 0 Å². The number of rotatable bonds is 3. The first kappa shape index (κ1) is 12.3. The molecule has 1 aromatic carbocycles. The minimum Gasteiger partial charge on any atom is -0.296 e. The second-order valence-electron chi connectivity index (χ2n) is 3.55. The van der Waals surface area contributed by atoms with Gasteiger partial charge in [0.1, 0.15) is 6.04 Å². The third-order valence-electron chi connectivity index (χ3n) is 1.90. The number of nitrogens with zero attached hydrogens (tertiary/aromatic N) is 1. The van der Waals surface area contributed by atoms with Gasteiger partial charge >= 0.3 is 0 Å². The van der Waals surface area contributed by atoms with Crippen LogP contribution in [0.3, 0.4) is 0 Å². The van der Waals surface area contributed by atoms with E-state index in [2.05, 4.69) is 11.4 Å². The molecule has 1 rings (SSSR count). The van der Waals surface area contributed by atoms with Crippen molar-refractivity contribution in [3.8, 4) is 6.07 Å². The Morgan fingerprint density at radius 2 is 2.00 bits per heavy atom. The molecule has 0 aliphatic rings. The lowest BCUT2D eigenvalue weighted by Gasteiger charge is -2.16. The Morgan fingerprint density at radius 3 is 2.53 bits per heavy atom. The second-order valence-corrected chi connectivity index (χ2v) is 4.39. The summed E-state index contributed by atoms with van der Waals surface area (Å²) in [5, 5.41) is 13.3. The summed E-state index contributed by atoms with van der Waals surface area (Å²) in [6, 6.07) is 7.08. The first-order chi connectivity index (χ1) is 7.04. The first-order valence-electron chi connectivity index (χ1n) is 4.65. The smallest absolute Gasteiger partial charge is 0.123 e. The van der Waals surface area contributed by atoms with E-state index in [4.69, 9.17) is 28.5 Å². The van der Waals surface area contributed by atoms with Crippen molar-refractivity contribution in [2.45, 2.75) is 25.9 Å². The largest absolute Gasteiger partial charge is 0.296 e. The molecule has 0 aliphatic carbocycles. The fraction of sp³-hybridized carbons (Fsp3) is 0.364. The molecular weight excluding hydrogens is 231 g/mol. The third kappa shape index (κ3) is 3.39. The van der Waals surface area contributed by atoms with Crippen LogP contribution < -0.4 is 5.32 Å². The van der Waals surface area contributed by atoms with Gasteiger partial charge in [0.05, 0.1) is 6.07 Å². The van der Waals surface area contributed by atoms with Crippen molar-refractivity contribution in [3.05, 3.63) is 33.8 Å². The molecular formula is C11H12Cl2N2. The number of nitrogens with one attached hydrogen (secondary N) is 1. The molecule has 80 valence electrons. The fourth-order valence-corrected chi connectivity index (χ4v) is 1.67. The number of benzene rings is 1. The molecule has 0 spiro atoms. The quantitative estimate of drug-likeness (QED) is 0.880. The lowest BCUT2D eigenvalue weighted by atomic mass is 10.1. The molecule has 0 aromatic heterocycles. The third-order valence-corrected chi connectivity index (χ3v) is 2.48. The minimum atomic E-state index is -0.420. The van der Waals surface area contributed by atoms with Gasteiger partial charge in [-0.05, 0) is 32.0 Å². The SMILES string of the molecule is CC(C)NC(C#N)c1cc(Cl)ccc1Cl. The molecule has 0 saturated heterocycles. The molecule has 1 unspecified atom stereocenters. The summed E-state index contributed by atoms with van der Waals surface area (Å²) in [5.74, 6) is 0. The molecule has 15 heavy (non-hydrogen) atoms. The summed E-state index contributed by atoms with van der Waals surface area (Å²) >= 11 is 11.9. The summed E-state index contributed by atoms with van der Waals surface area (Å²) in [6.07, 6.45) is 0. The van der Waals surface area contributed by atoms with Crippen molar-refractivity contribution in [2.75, 3.05) is 0 Å². The van der Waals surface area contributed by atoms with Gasteiger partial charge in [-0.2, -0.15) is 5.26 Å². The van der Waals surface area contributed by atoms with Gasteiger partial charge in [-0.3, -0.25) is 5.32 Å². The Balaban J connectivity index is 3.02. The van der Waals surface area contributed by atoms with Crippen molar-refractivity contribution < 1.29 is 0 Å². The van der Waals surface area contributed by atoms with Crippen LogP contribution >= 0.6 is 23.2 Å². The van der Waals surface area contributed by atoms with E-state index in [9.17, 15) is 0 Å². The van der Waals surface area contributed by atoms with Gasteiger partial charge in [-0.15, -0.1) is 0 Å². The number of halogens is 2. The maximum atomic E-state index is 9.03. The summed E-state index contributed by atoms with van der Waals surface area (Å²) in [7, 11) is 0. The van der Waals surface area contributed by atoms with Crippen LogP contribution in [0, 0.1) is 11.3 Å². The van der Waals surface area contributed by atoms with Crippen LogP contribution in [0.2, 0.25) is 10.0 Å². The van der Waals surface area contributed by atoms with Crippen LogP contribution in [0.15, 0.2) is 18.2 Å². The van der Waals surface area contributed by atoms with Crippen molar-refractivity contribution in [2.24, 2.45) is 0 Å². The number of hydrogen-bond acceptors (Lipinski definition) is 2. The second kappa shape index (κ2) is 5.37. The summed E-state index contributed by atoms with van der Waals surface area (Å²) in [6.45, 7) is 3.95. The highest BCUT2D eigenvalue weighted by molar-refractivity contribution is 6.33. The van der Waals surface area contributed by atoms with E-state index in [1.165, 1.54) is 0 Å². The fourth-order valence-electron chi connectivity index (χ4n) is 1.27. The molecule has 0 bridgehead atoms. The summed E-state index contributed by atoms with van der Waals surface area (Å²) in [4.78, 5) is 0. The van der Waals surface area contributed by atoms with Crippen LogP contribution in [0.25, 0.3) is 0 Å². The van der Waals surface area contributed by atoms with Crippen LogP contribution in [0.1, 0.15) is 25.5 Å². The molecule has 1 atom stereocenters. The summed E-state index contributed by atoms with van der Waals surface area (Å²) in [5.41, 5.74) is 0.723.